The molecule has 1 aromatic heterocycles. The van der Waals surface area contributed by atoms with E-state index in [1.165, 1.54) is 4.68 Å². The van der Waals surface area contributed by atoms with Gasteiger partial charge in [-0.2, -0.15) is 5.10 Å². The van der Waals surface area contributed by atoms with Crippen LogP contribution in [-0.4, -0.2) is 32.5 Å². The van der Waals surface area contributed by atoms with Gasteiger partial charge in [0.25, 0.3) is 0 Å². The van der Waals surface area contributed by atoms with E-state index in [9.17, 15) is 15.2 Å². The number of hydrogen-bond acceptors (Lipinski definition) is 5. The lowest BCUT2D eigenvalue weighted by atomic mass is 10.3. The SMILES string of the molecule is CCC(O)CNc1c([N+](=O)[O-])c(C)nn1CC. The van der Waals surface area contributed by atoms with Crippen molar-refractivity contribution in [2.45, 2.75) is 39.8 Å². The lowest BCUT2D eigenvalue weighted by Crippen LogP contribution is -2.20. The molecule has 1 aromatic rings. The van der Waals surface area contributed by atoms with Crippen molar-refractivity contribution in [1.29, 1.82) is 0 Å². The zero-order chi connectivity index (χ0) is 13.0. The molecule has 0 saturated carbocycles. The minimum Gasteiger partial charge on any atom is -0.391 e. The maximum Gasteiger partial charge on any atom is 0.333 e. The topological polar surface area (TPSA) is 93.2 Å². The van der Waals surface area contributed by atoms with Crippen LogP contribution in [0.25, 0.3) is 0 Å². The van der Waals surface area contributed by atoms with Gasteiger partial charge in [0, 0.05) is 13.1 Å². The zero-order valence-electron chi connectivity index (χ0n) is 10.3. The van der Waals surface area contributed by atoms with Crippen LogP contribution >= 0.6 is 0 Å². The summed E-state index contributed by atoms with van der Waals surface area (Å²) < 4.78 is 1.54. The monoisotopic (exact) mass is 242 g/mol. The first-order chi connectivity index (χ1) is 8.01. The number of aliphatic hydroxyl groups excluding tert-OH is 1. The third-order valence-electron chi connectivity index (χ3n) is 2.55. The Hall–Kier alpha value is -1.63. The van der Waals surface area contributed by atoms with Gasteiger partial charge < -0.3 is 10.4 Å². The number of rotatable bonds is 6. The third kappa shape index (κ3) is 2.94. The predicted octanol–water partition coefficient (Wildman–Crippen LogP) is 1.30. The first kappa shape index (κ1) is 13.4. The minimum atomic E-state index is -0.518. The average Bonchev–Trinajstić information content (AvgIpc) is 2.62. The van der Waals surface area contributed by atoms with Crippen LogP contribution in [0.4, 0.5) is 11.5 Å². The fourth-order valence-corrected chi connectivity index (χ4v) is 1.55. The van der Waals surface area contributed by atoms with Crippen molar-refractivity contribution in [1.82, 2.24) is 9.78 Å². The molecule has 0 aliphatic heterocycles. The van der Waals surface area contributed by atoms with Gasteiger partial charge in [-0.3, -0.25) is 10.1 Å². The molecular formula is C10H18N4O3. The molecule has 0 radical (unpaired) electrons. The van der Waals surface area contributed by atoms with Crippen LogP contribution in [0.3, 0.4) is 0 Å². The molecule has 17 heavy (non-hydrogen) atoms. The minimum absolute atomic E-state index is 0.0184. The molecule has 7 heteroatoms. The van der Waals surface area contributed by atoms with Gasteiger partial charge in [0.15, 0.2) is 0 Å². The molecule has 0 amide bonds. The molecule has 0 aliphatic rings. The van der Waals surface area contributed by atoms with Gasteiger partial charge in [-0.05, 0) is 20.3 Å². The molecule has 1 unspecified atom stereocenters. The van der Waals surface area contributed by atoms with Gasteiger partial charge in [0.2, 0.25) is 5.82 Å². The molecule has 2 N–H and O–H groups in total. The van der Waals surface area contributed by atoms with Crippen molar-refractivity contribution in [2.24, 2.45) is 0 Å². The summed E-state index contributed by atoms with van der Waals surface area (Å²) in [7, 11) is 0. The Balaban J connectivity index is 2.98. The van der Waals surface area contributed by atoms with Crippen molar-refractivity contribution < 1.29 is 10.0 Å². The summed E-state index contributed by atoms with van der Waals surface area (Å²) in [5.74, 6) is 0.363. The molecule has 7 nitrogen and oxygen atoms in total. The summed E-state index contributed by atoms with van der Waals surface area (Å²) in [4.78, 5) is 10.5. The summed E-state index contributed by atoms with van der Waals surface area (Å²) in [5.41, 5.74) is 0.362. The quantitative estimate of drug-likeness (QED) is 0.579. The van der Waals surface area contributed by atoms with Gasteiger partial charge in [0.05, 0.1) is 11.0 Å². The number of hydrogen-bond donors (Lipinski definition) is 2. The third-order valence-corrected chi connectivity index (χ3v) is 2.55. The van der Waals surface area contributed by atoms with E-state index in [-0.39, 0.29) is 12.2 Å². The number of nitro groups is 1. The Morgan fingerprint density at radius 3 is 2.71 bits per heavy atom. The highest BCUT2D eigenvalue weighted by Gasteiger charge is 2.24. The molecule has 1 rings (SSSR count). The van der Waals surface area contributed by atoms with Gasteiger partial charge in [-0.25, -0.2) is 4.68 Å². The van der Waals surface area contributed by atoms with E-state index in [0.29, 0.717) is 24.5 Å². The Labute approximate surface area is 99.6 Å². The Morgan fingerprint density at radius 1 is 1.59 bits per heavy atom. The second-order valence-corrected chi connectivity index (χ2v) is 3.80. The summed E-state index contributed by atoms with van der Waals surface area (Å²) in [6.07, 6.45) is 0.0789. The Morgan fingerprint density at radius 2 is 2.24 bits per heavy atom. The van der Waals surface area contributed by atoms with Crippen molar-refractivity contribution in [3.8, 4) is 0 Å². The van der Waals surface area contributed by atoms with Crippen molar-refractivity contribution in [3.05, 3.63) is 15.8 Å². The number of aryl methyl sites for hydroxylation is 2. The van der Waals surface area contributed by atoms with Gasteiger partial charge in [0.1, 0.15) is 5.69 Å². The molecule has 1 heterocycles. The lowest BCUT2D eigenvalue weighted by molar-refractivity contribution is -0.384. The first-order valence-corrected chi connectivity index (χ1v) is 5.64. The molecule has 0 saturated heterocycles. The van der Waals surface area contributed by atoms with Crippen LogP contribution in [0.2, 0.25) is 0 Å². The fraction of sp³-hybridized carbons (Fsp3) is 0.700. The molecule has 0 aromatic carbocycles. The second-order valence-electron chi connectivity index (χ2n) is 3.80. The van der Waals surface area contributed by atoms with Crippen molar-refractivity contribution in [3.63, 3.8) is 0 Å². The normalized spacial score (nSPS) is 12.5. The summed E-state index contributed by atoms with van der Waals surface area (Å²) >= 11 is 0. The highest BCUT2D eigenvalue weighted by atomic mass is 16.6. The van der Waals surface area contributed by atoms with Gasteiger partial charge in [-0.15, -0.1) is 0 Å². The molecule has 0 spiro atoms. The van der Waals surface area contributed by atoms with Crippen LogP contribution in [-0.2, 0) is 6.54 Å². The van der Waals surface area contributed by atoms with Gasteiger partial charge in [-0.1, -0.05) is 6.92 Å². The first-order valence-electron chi connectivity index (χ1n) is 5.64. The maximum absolute atomic E-state index is 10.9. The van der Waals surface area contributed by atoms with E-state index in [0.717, 1.165) is 0 Å². The van der Waals surface area contributed by atoms with Crippen molar-refractivity contribution in [2.75, 3.05) is 11.9 Å². The molecule has 0 aliphatic carbocycles. The van der Waals surface area contributed by atoms with Crippen LogP contribution in [0.15, 0.2) is 0 Å². The predicted molar refractivity (Wildman–Crippen MR) is 64.1 cm³/mol. The van der Waals surface area contributed by atoms with E-state index in [4.69, 9.17) is 0 Å². The van der Waals surface area contributed by atoms with E-state index in [2.05, 4.69) is 10.4 Å². The highest BCUT2D eigenvalue weighted by molar-refractivity contribution is 5.59. The summed E-state index contributed by atoms with van der Waals surface area (Å²) in [5, 5.41) is 27.4. The van der Waals surface area contributed by atoms with Crippen LogP contribution in [0, 0.1) is 17.0 Å². The fourth-order valence-electron chi connectivity index (χ4n) is 1.55. The van der Waals surface area contributed by atoms with E-state index in [1.54, 1.807) is 6.92 Å². The summed E-state index contributed by atoms with van der Waals surface area (Å²) in [6.45, 7) is 6.13. The van der Waals surface area contributed by atoms with Gasteiger partial charge >= 0.3 is 5.69 Å². The van der Waals surface area contributed by atoms with Crippen LogP contribution < -0.4 is 5.32 Å². The van der Waals surface area contributed by atoms with Crippen LogP contribution in [0.5, 0.6) is 0 Å². The number of nitrogens with one attached hydrogen (secondary N) is 1. The number of nitrogens with zero attached hydrogens (tertiary/aromatic N) is 3. The standard InChI is InChI=1S/C10H18N4O3/c1-4-8(15)6-11-10-9(14(16)17)7(3)12-13(10)5-2/h8,11,15H,4-6H2,1-3H3. The lowest BCUT2D eigenvalue weighted by Gasteiger charge is -2.10. The second kappa shape index (κ2) is 5.62. The molecule has 96 valence electrons. The number of aliphatic hydroxyl groups is 1. The average molecular weight is 242 g/mol. The number of aromatic nitrogens is 2. The molecule has 1 atom stereocenters. The number of anilines is 1. The van der Waals surface area contributed by atoms with E-state index < -0.39 is 11.0 Å². The largest absolute Gasteiger partial charge is 0.391 e. The zero-order valence-corrected chi connectivity index (χ0v) is 10.3. The smallest absolute Gasteiger partial charge is 0.333 e. The van der Waals surface area contributed by atoms with E-state index in [1.807, 2.05) is 13.8 Å². The maximum atomic E-state index is 10.9. The van der Waals surface area contributed by atoms with Crippen LogP contribution in [0.1, 0.15) is 26.0 Å². The molecule has 0 bridgehead atoms. The Kier molecular flexibility index (Phi) is 4.45. The molecular weight excluding hydrogens is 224 g/mol. The molecule has 0 fully saturated rings. The van der Waals surface area contributed by atoms with Crippen molar-refractivity contribution >= 4 is 11.5 Å². The Bertz CT molecular complexity index is 403. The summed E-state index contributed by atoms with van der Waals surface area (Å²) in [6, 6.07) is 0. The van der Waals surface area contributed by atoms with E-state index >= 15 is 0 Å². The highest BCUT2D eigenvalue weighted by Crippen LogP contribution is 2.27.